The van der Waals surface area contributed by atoms with Gasteiger partial charge in [0.2, 0.25) is 5.91 Å². The summed E-state index contributed by atoms with van der Waals surface area (Å²) in [5, 5.41) is 5.31. The minimum absolute atomic E-state index is 0.0423. The number of anilines is 1. The third kappa shape index (κ3) is 4.56. The lowest BCUT2D eigenvalue weighted by molar-refractivity contribution is -0.116. The molecule has 4 nitrogen and oxygen atoms in total. The zero-order chi connectivity index (χ0) is 15.9. The van der Waals surface area contributed by atoms with Crippen molar-refractivity contribution in [3.8, 4) is 0 Å². The Morgan fingerprint density at radius 2 is 1.82 bits per heavy atom. The number of carbonyl (C=O) groups excluding carboxylic acids is 2. The summed E-state index contributed by atoms with van der Waals surface area (Å²) in [5.74, 6) is -1.25. The zero-order valence-electron chi connectivity index (χ0n) is 11.6. The van der Waals surface area contributed by atoms with Crippen molar-refractivity contribution in [2.24, 2.45) is 0 Å². The molecule has 0 bridgehead atoms. The molecule has 2 aromatic rings. The molecule has 0 fully saturated rings. The summed E-state index contributed by atoms with van der Waals surface area (Å²) in [6.45, 7) is 0.161. The molecule has 0 spiro atoms. The Morgan fingerprint density at radius 1 is 1.09 bits per heavy atom. The Balaban J connectivity index is 1.80. The summed E-state index contributed by atoms with van der Waals surface area (Å²) in [6.07, 6.45) is 0.0423. The molecule has 0 aromatic heterocycles. The highest BCUT2D eigenvalue weighted by Gasteiger charge is 2.09. The van der Waals surface area contributed by atoms with Crippen LogP contribution in [0.1, 0.15) is 16.8 Å². The van der Waals surface area contributed by atoms with E-state index < -0.39 is 11.7 Å². The molecule has 0 unspecified atom stereocenters. The third-order valence-corrected chi connectivity index (χ3v) is 3.11. The van der Waals surface area contributed by atoms with Crippen molar-refractivity contribution in [1.29, 1.82) is 0 Å². The van der Waals surface area contributed by atoms with Crippen LogP contribution in [0.4, 0.5) is 10.1 Å². The van der Waals surface area contributed by atoms with E-state index >= 15 is 0 Å². The van der Waals surface area contributed by atoms with Crippen LogP contribution in [0.2, 0.25) is 5.02 Å². The molecule has 0 saturated carbocycles. The highest BCUT2D eigenvalue weighted by atomic mass is 35.5. The van der Waals surface area contributed by atoms with E-state index in [9.17, 15) is 14.0 Å². The molecule has 22 heavy (non-hydrogen) atoms. The van der Waals surface area contributed by atoms with Crippen molar-refractivity contribution in [2.75, 3.05) is 11.9 Å². The van der Waals surface area contributed by atoms with Gasteiger partial charge in [-0.25, -0.2) is 4.39 Å². The number of amides is 2. The van der Waals surface area contributed by atoms with Crippen LogP contribution in [0.3, 0.4) is 0 Å². The van der Waals surface area contributed by atoms with Gasteiger partial charge in [0.05, 0.1) is 5.69 Å². The molecule has 2 rings (SSSR count). The van der Waals surface area contributed by atoms with Crippen LogP contribution in [-0.4, -0.2) is 18.4 Å². The van der Waals surface area contributed by atoms with Gasteiger partial charge >= 0.3 is 0 Å². The van der Waals surface area contributed by atoms with E-state index in [1.54, 1.807) is 24.3 Å². The monoisotopic (exact) mass is 320 g/mol. The van der Waals surface area contributed by atoms with Gasteiger partial charge in [-0.3, -0.25) is 9.59 Å². The molecule has 0 aliphatic heterocycles. The van der Waals surface area contributed by atoms with Crippen LogP contribution in [0.25, 0.3) is 0 Å². The summed E-state index contributed by atoms with van der Waals surface area (Å²) >= 11 is 5.63. The average molecular weight is 321 g/mol. The highest BCUT2D eigenvalue weighted by molar-refractivity contribution is 6.30. The molecule has 0 aliphatic carbocycles. The van der Waals surface area contributed by atoms with E-state index in [1.807, 2.05) is 6.07 Å². The zero-order valence-corrected chi connectivity index (χ0v) is 12.4. The molecular formula is C16H14ClFN2O2. The standard InChI is InChI=1S/C16H14ClFN2O2/c17-12-6-7-14(13(18)10-12)20-15(21)8-9-19-16(22)11-4-2-1-3-5-11/h1-7,10H,8-9H2,(H,19,22)(H,20,21). The first-order valence-corrected chi connectivity index (χ1v) is 7.02. The number of nitrogens with one attached hydrogen (secondary N) is 2. The predicted octanol–water partition coefficient (Wildman–Crippen LogP) is 3.24. The topological polar surface area (TPSA) is 58.2 Å². The van der Waals surface area contributed by atoms with Crippen LogP contribution in [0.5, 0.6) is 0 Å². The third-order valence-electron chi connectivity index (χ3n) is 2.88. The molecule has 2 aromatic carbocycles. The SMILES string of the molecule is O=C(CCNC(=O)c1ccccc1)Nc1ccc(Cl)cc1F. The molecule has 0 radical (unpaired) electrons. The fourth-order valence-corrected chi connectivity index (χ4v) is 1.94. The van der Waals surface area contributed by atoms with Crippen molar-refractivity contribution in [1.82, 2.24) is 5.32 Å². The summed E-state index contributed by atoms with van der Waals surface area (Å²) in [7, 11) is 0. The lowest BCUT2D eigenvalue weighted by Crippen LogP contribution is -2.27. The predicted molar refractivity (Wildman–Crippen MR) is 83.4 cm³/mol. The first kappa shape index (κ1) is 16.0. The molecule has 0 aliphatic rings. The minimum atomic E-state index is -0.603. The van der Waals surface area contributed by atoms with Crippen molar-refractivity contribution >= 4 is 29.1 Å². The van der Waals surface area contributed by atoms with Gasteiger partial charge in [-0.15, -0.1) is 0 Å². The second-order valence-electron chi connectivity index (χ2n) is 4.54. The Morgan fingerprint density at radius 3 is 2.50 bits per heavy atom. The molecule has 2 N–H and O–H groups in total. The number of rotatable bonds is 5. The molecule has 0 atom stereocenters. The fourth-order valence-electron chi connectivity index (χ4n) is 1.78. The molecule has 2 amide bonds. The van der Waals surface area contributed by atoms with Crippen molar-refractivity contribution in [2.45, 2.75) is 6.42 Å². The first-order valence-electron chi connectivity index (χ1n) is 6.64. The number of hydrogen-bond donors (Lipinski definition) is 2. The number of benzene rings is 2. The second-order valence-corrected chi connectivity index (χ2v) is 4.98. The van der Waals surface area contributed by atoms with Crippen LogP contribution in [0.15, 0.2) is 48.5 Å². The lowest BCUT2D eigenvalue weighted by atomic mass is 10.2. The molecule has 114 valence electrons. The number of hydrogen-bond acceptors (Lipinski definition) is 2. The molecule has 6 heteroatoms. The maximum Gasteiger partial charge on any atom is 0.251 e. The summed E-state index contributed by atoms with van der Waals surface area (Å²) in [4.78, 5) is 23.5. The normalized spacial score (nSPS) is 10.1. The van der Waals surface area contributed by atoms with Crippen LogP contribution in [-0.2, 0) is 4.79 Å². The highest BCUT2D eigenvalue weighted by Crippen LogP contribution is 2.18. The van der Waals surface area contributed by atoms with Crippen LogP contribution >= 0.6 is 11.6 Å². The second kappa shape index (κ2) is 7.56. The largest absolute Gasteiger partial charge is 0.352 e. The van der Waals surface area contributed by atoms with Gasteiger partial charge in [0.15, 0.2) is 0 Å². The lowest BCUT2D eigenvalue weighted by Gasteiger charge is -2.08. The quantitative estimate of drug-likeness (QED) is 0.888. The van der Waals surface area contributed by atoms with E-state index in [0.29, 0.717) is 5.56 Å². The Kier molecular flexibility index (Phi) is 5.49. The van der Waals surface area contributed by atoms with E-state index in [0.717, 1.165) is 6.07 Å². The summed E-state index contributed by atoms with van der Waals surface area (Å²) in [5.41, 5.74) is 0.579. The van der Waals surface area contributed by atoms with Gasteiger partial charge in [-0.1, -0.05) is 29.8 Å². The molecular weight excluding hydrogens is 307 g/mol. The smallest absolute Gasteiger partial charge is 0.251 e. The summed E-state index contributed by atoms with van der Waals surface area (Å²) < 4.78 is 13.5. The maximum absolute atomic E-state index is 13.5. The van der Waals surface area contributed by atoms with E-state index in [2.05, 4.69) is 10.6 Å². The van der Waals surface area contributed by atoms with Gasteiger partial charge in [-0.2, -0.15) is 0 Å². The van der Waals surface area contributed by atoms with Crippen molar-refractivity contribution < 1.29 is 14.0 Å². The number of carbonyl (C=O) groups is 2. The van der Waals surface area contributed by atoms with Gasteiger partial charge in [0, 0.05) is 23.6 Å². The summed E-state index contributed by atoms with van der Waals surface area (Å²) in [6, 6.07) is 12.7. The Bertz CT molecular complexity index is 677. The Labute approximate surface area is 132 Å². The van der Waals surface area contributed by atoms with Crippen molar-refractivity contribution in [3.63, 3.8) is 0 Å². The van der Waals surface area contributed by atoms with Gasteiger partial charge < -0.3 is 10.6 Å². The van der Waals surface area contributed by atoms with E-state index in [1.165, 1.54) is 12.1 Å². The van der Waals surface area contributed by atoms with Gasteiger partial charge in [0.1, 0.15) is 5.82 Å². The van der Waals surface area contributed by atoms with Crippen LogP contribution in [0, 0.1) is 5.82 Å². The molecule has 0 saturated heterocycles. The maximum atomic E-state index is 13.5. The van der Waals surface area contributed by atoms with Gasteiger partial charge in [-0.05, 0) is 30.3 Å². The fraction of sp³-hybridized carbons (Fsp3) is 0.125. The minimum Gasteiger partial charge on any atom is -0.352 e. The molecule has 0 heterocycles. The average Bonchev–Trinajstić information content (AvgIpc) is 2.51. The van der Waals surface area contributed by atoms with Crippen LogP contribution < -0.4 is 10.6 Å². The number of halogens is 2. The first-order chi connectivity index (χ1) is 10.6. The van der Waals surface area contributed by atoms with Gasteiger partial charge in [0.25, 0.3) is 5.91 Å². The van der Waals surface area contributed by atoms with Crippen molar-refractivity contribution in [3.05, 3.63) is 64.9 Å². The Hall–Kier alpha value is -2.40. The van der Waals surface area contributed by atoms with E-state index in [-0.39, 0.29) is 29.6 Å². The van der Waals surface area contributed by atoms with E-state index in [4.69, 9.17) is 11.6 Å².